The predicted octanol–water partition coefficient (Wildman–Crippen LogP) is 2.32. The summed E-state index contributed by atoms with van der Waals surface area (Å²) in [6.45, 7) is 3.93. The van der Waals surface area contributed by atoms with Gasteiger partial charge in [0, 0.05) is 11.8 Å². The van der Waals surface area contributed by atoms with Crippen molar-refractivity contribution < 1.29 is 8.42 Å². The molecule has 8 heteroatoms. The lowest BCUT2D eigenvalue weighted by Crippen LogP contribution is -2.25. The Balaban J connectivity index is 1.93. The number of aromatic nitrogens is 4. The van der Waals surface area contributed by atoms with Crippen molar-refractivity contribution >= 4 is 15.8 Å². The lowest BCUT2D eigenvalue weighted by molar-refractivity contribution is 0.271. The average Bonchev–Trinajstić information content (AvgIpc) is 2.86. The van der Waals surface area contributed by atoms with Crippen LogP contribution in [0.15, 0.2) is 29.8 Å². The third-order valence-electron chi connectivity index (χ3n) is 3.92. The Hall–Kier alpha value is -1.96. The topological polar surface area (TPSA) is 89.8 Å². The fourth-order valence-electron chi connectivity index (χ4n) is 2.45. The zero-order valence-corrected chi connectivity index (χ0v) is 13.4. The molecule has 0 saturated heterocycles. The normalized spacial score (nSPS) is 15.8. The molecule has 1 aliphatic rings. The Morgan fingerprint density at radius 1 is 1.36 bits per heavy atom. The van der Waals surface area contributed by atoms with Gasteiger partial charge in [-0.1, -0.05) is 13.8 Å². The van der Waals surface area contributed by atoms with E-state index in [1.54, 1.807) is 10.9 Å². The van der Waals surface area contributed by atoms with Crippen LogP contribution in [0.1, 0.15) is 50.6 Å². The summed E-state index contributed by atoms with van der Waals surface area (Å²) in [6, 6.07) is 1.70. The summed E-state index contributed by atoms with van der Waals surface area (Å²) in [5.41, 5.74) is 0.765. The third kappa shape index (κ3) is 2.70. The summed E-state index contributed by atoms with van der Waals surface area (Å²) in [5.74, 6) is 0.446. The summed E-state index contributed by atoms with van der Waals surface area (Å²) >= 11 is 0. The fourth-order valence-corrected chi connectivity index (χ4v) is 3.66. The molecule has 2 heterocycles. The standard InChI is InChI=1S/C14H19N5O2S/c1-10(2)12-8-15-9-16-14(12)18-22(20,21)13-6-7-17-19(13)11-4-3-5-11/h6-11H,3-5H2,1-2H3,(H,15,16,18). The average molecular weight is 321 g/mol. The van der Waals surface area contributed by atoms with Crippen molar-refractivity contribution in [3.8, 4) is 0 Å². The molecule has 0 atom stereocenters. The SMILES string of the molecule is CC(C)c1cncnc1NS(=O)(=O)c1ccnn1C1CCC1. The highest BCUT2D eigenvalue weighted by Crippen LogP contribution is 2.33. The van der Waals surface area contributed by atoms with E-state index < -0.39 is 10.0 Å². The highest BCUT2D eigenvalue weighted by Gasteiger charge is 2.28. The molecule has 0 radical (unpaired) electrons. The van der Waals surface area contributed by atoms with Gasteiger partial charge >= 0.3 is 0 Å². The number of sulfonamides is 1. The van der Waals surface area contributed by atoms with Crippen molar-refractivity contribution in [2.75, 3.05) is 4.72 Å². The predicted molar refractivity (Wildman–Crippen MR) is 82.0 cm³/mol. The van der Waals surface area contributed by atoms with Crippen LogP contribution < -0.4 is 4.72 Å². The Labute approximate surface area is 129 Å². The van der Waals surface area contributed by atoms with Gasteiger partial charge in [-0.2, -0.15) is 13.5 Å². The van der Waals surface area contributed by atoms with Gasteiger partial charge in [0.1, 0.15) is 12.1 Å². The van der Waals surface area contributed by atoms with E-state index in [9.17, 15) is 8.42 Å². The maximum absolute atomic E-state index is 12.7. The van der Waals surface area contributed by atoms with E-state index in [2.05, 4.69) is 19.8 Å². The lowest BCUT2D eigenvalue weighted by atomic mass is 9.93. The quantitative estimate of drug-likeness (QED) is 0.912. The highest BCUT2D eigenvalue weighted by atomic mass is 32.2. The van der Waals surface area contributed by atoms with Crippen molar-refractivity contribution in [1.82, 2.24) is 19.7 Å². The largest absolute Gasteiger partial charge is 0.280 e. The first kappa shape index (κ1) is 15.0. The molecule has 1 saturated carbocycles. The second kappa shape index (κ2) is 5.68. The van der Waals surface area contributed by atoms with Gasteiger partial charge in [0.25, 0.3) is 10.0 Å². The summed E-state index contributed by atoms with van der Waals surface area (Å²) in [6.07, 6.45) is 7.55. The molecule has 118 valence electrons. The number of hydrogen-bond donors (Lipinski definition) is 1. The van der Waals surface area contributed by atoms with Crippen molar-refractivity contribution in [3.63, 3.8) is 0 Å². The Kier molecular flexibility index (Phi) is 3.86. The van der Waals surface area contributed by atoms with E-state index in [0.29, 0.717) is 5.82 Å². The molecule has 1 fully saturated rings. The van der Waals surface area contributed by atoms with Crippen LogP contribution in [0.5, 0.6) is 0 Å². The summed E-state index contributed by atoms with van der Waals surface area (Å²) in [7, 11) is -3.72. The van der Waals surface area contributed by atoms with Crippen LogP contribution in [0.25, 0.3) is 0 Å². The van der Waals surface area contributed by atoms with Crippen LogP contribution in [0.4, 0.5) is 5.82 Å². The number of nitrogens with one attached hydrogen (secondary N) is 1. The lowest BCUT2D eigenvalue weighted by Gasteiger charge is -2.27. The minimum Gasteiger partial charge on any atom is -0.262 e. The highest BCUT2D eigenvalue weighted by molar-refractivity contribution is 7.92. The molecule has 0 unspecified atom stereocenters. The van der Waals surface area contributed by atoms with Gasteiger partial charge in [-0.3, -0.25) is 4.72 Å². The van der Waals surface area contributed by atoms with Crippen molar-refractivity contribution in [2.24, 2.45) is 0 Å². The molecule has 2 aromatic heterocycles. The zero-order chi connectivity index (χ0) is 15.7. The molecule has 0 aliphatic heterocycles. The van der Waals surface area contributed by atoms with E-state index >= 15 is 0 Å². The van der Waals surface area contributed by atoms with Crippen LogP contribution in [-0.2, 0) is 10.0 Å². The van der Waals surface area contributed by atoms with Crippen LogP contribution in [-0.4, -0.2) is 28.2 Å². The van der Waals surface area contributed by atoms with E-state index in [1.807, 2.05) is 13.8 Å². The minimum absolute atomic E-state index is 0.121. The van der Waals surface area contributed by atoms with E-state index in [0.717, 1.165) is 24.8 Å². The third-order valence-corrected chi connectivity index (χ3v) is 5.26. The summed E-state index contributed by atoms with van der Waals surface area (Å²) < 4.78 is 29.5. The molecule has 0 bridgehead atoms. The Bertz CT molecular complexity index is 765. The molecule has 22 heavy (non-hydrogen) atoms. The monoisotopic (exact) mass is 321 g/mol. The first-order valence-electron chi connectivity index (χ1n) is 7.35. The second-order valence-electron chi connectivity index (χ2n) is 5.79. The van der Waals surface area contributed by atoms with Gasteiger partial charge in [-0.25, -0.2) is 14.6 Å². The van der Waals surface area contributed by atoms with Gasteiger partial charge in [0.15, 0.2) is 5.03 Å². The molecule has 0 aromatic carbocycles. The van der Waals surface area contributed by atoms with Crippen molar-refractivity contribution in [1.29, 1.82) is 0 Å². The number of hydrogen-bond acceptors (Lipinski definition) is 5. The minimum atomic E-state index is -3.72. The van der Waals surface area contributed by atoms with Gasteiger partial charge < -0.3 is 0 Å². The molecule has 2 aromatic rings. The van der Waals surface area contributed by atoms with Crippen molar-refractivity contribution in [2.45, 2.75) is 50.1 Å². The molecule has 1 aliphatic carbocycles. The first-order valence-corrected chi connectivity index (χ1v) is 8.83. The van der Waals surface area contributed by atoms with Crippen molar-refractivity contribution in [3.05, 3.63) is 30.4 Å². The smallest absolute Gasteiger partial charge is 0.262 e. The van der Waals surface area contributed by atoms with Crippen LogP contribution in [0.2, 0.25) is 0 Å². The zero-order valence-electron chi connectivity index (χ0n) is 12.6. The van der Waals surface area contributed by atoms with Crippen LogP contribution >= 0.6 is 0 Å². The number of rotatable bonds is 5. The first-order chi connectivity index (χ1) is 10.5. The maximum Gasteiger partial charge on any atom is 0.280 e. The fraction of sp³-hybridized carbons (Fsp3) is 0.500. The maximum atomic E-state index is 12.7. The van der Waals surface area contributed by atoms with E-state index in [4.69, 9.17) is 0 Å². The van der Waals surface area contributed by atoms with Gasteiger partial charge in [0.05, 0.1) is 12.2 Å². The second-order valence-corrected chi connectivity index (χ2v) is 7.41. The Morgan fingerprint density at radius 2 is 2.14 bits per heavy atom. The summed E-state index contributed by atoms with van der Waals surface area (Å²) in [4.78, 5) is 8.04. The van der Waals surface area contributed by atoms with E-state index in [-0.39, 0.29) is 17.0 Å². The molecule has 7 nitrogen and oxygen atoms in total. The molecule has 0 spiro atoms. The van der Waals surface area contributed by atoms with E-state index in [1.165, 1.54) is 18.6 Å². The van der Waals surface area contributed by atoms with Gasteiger partial charge in [0.2, 0.25) is 0 Å². The number of nitrogens with zero attached hydrogens (tertiary/aromatic N) is 4. The molecule has 3 rings (SSSR count). The van der Waals surface area contributed by atoms with Crippen LogP contribution in [0.3, 0.4) is 0 Å². The molecular formula is C14H19N5O2S. The van der Waals surface area contributed by atoms with Gasteiger partial charge in [-0.05, 0) is 31.2 Å². The van der Waals surface area contributed by atoms with Crippen LogP contribution in [0, 0.1) is 0 Å². The summed E-state index contributed by atoms with van der Waals surface area (Å²) in [5, 5.41) is 4.35. The molecule has 0 amide bonds. The molecular weight excluding hydrogens is 302 g/mol. The molecule has 1 N–H and O–H groups in total. The number of anilines is 1. The van der Waals surface area contributed by atoms with Gasteiger partial charge in [-0.15, -0.1) is 0 Å². The Morgan fingerprint density at radius 3 is 2.77 bits per heavy atom.